The second-order valence-electron chi connectivity index (χ2n) is 5.55. The van der Waals surface area contributed by atoms with Crippen molar-refractivity contribution in [1.29, 1.82) is 0 Å². The van der Waals surface area contributed by atoms with Crippen molar-refractivity contribution in [3.63, 3.8) is 0 Å². The maximum Gasteiger partial charge on any atom is 0.228 e. The molecule has 0 aromatic carbocycles. The Morgan fingerprint density at radius 1 is 1.40 bits per heavy atom. The lowest BCUT2D eigenvalue weighted by molar-refractivity contribution is -0.137. The van der Waals surface area contributed by atoms with Crippen molar-refractivity contribution >= 4 is 5.91 Å². The molecule has 0 bridgehead atoms. The summed E-state index contributed by atoms with van der Waals surface area (Å²) in [7, 11) is 0. The zero-order valence-corrected chi connectivity index (χ0v) is 9.83. The smallest absolute Gasteiger partial charge is 0.228 e. The highest BCUT2D eigenvalue weighted by Crippen LogP contribution is 2.46. The predicted molar refractivity (Wildman–Crippen MR) is 60.3 cm³/mol. The van der Waals surface area contributed by atoms with E-state index >= 15 is 0 Å². The number of likely N-dealkylation sites (tertiary alicyclic amines) is 1. The van der Waals surface area contributed by atoms with Gasteiger partial charge in [-0.1, -0.05) is 6.92 Å². The number of amides is 1. The molecule has 1 amide bonds. The molecule has 1 saturated heterocycles. The van der Waals surface area contributed by atoms with Crippen LogP contribution in [0.3, 0.4) is 0 Å². The molecule has 1 unspecified atom stereocenters. The van der Waals surface area contributed by atoms with Gasteiger partial charge >= 0.3 is 0 Å². The first-order valence-electron chi connectivity index (χ1n) is 6.08. The third kappa shape index (κ3) is 2.17. The molecular weight excluding hydrogens is 188 g/mol. The van der Waals surface area contributed by atoms with Crippen LogP contribution >= 0.6 is 0 Å². The van der Waals surface area contributed by atoms with Crippen molar-refractivity contribution in [3.8, 4) is 0 Å². The Hall–Kier alpha value is -0.570. The molecule has 0 spiro atoms. The van der Waals surface area contributed by atoms with Crippen LogP contribution < -0.4 is 5.73 Å². The highest BCUT2D eigenvalue weighted by Gasteiger charge is 2.47. The minimum atomic E-state index is 0.00116. The summed E-state index contributed by atoms with van der Waals surface area (Å²) in [5, 5.41) is 0. The van der Waals surface area contributed by atoms with E-state index < -0.39 is 0 Å². The average molecular weight is 210 g/mol. The van der Waals surface area contributed by atoms with E-state index in [9.17, 15) is 4.79 Å². The molecule has 1 saturated carbocycles. The highest BCUT2D eigenvalue weighted by atomic mass is 16.2. The van der Waals surface area contributed by atoms with Gasteiger partial charge in [0, 0.05) is 24.5 Å². The summed E-state index contributed by atoms with van der Waals surface area (Å²) in [6.07, 6.45) is 4.33. The van der Waals surface area contributed by atoms with E-state index in [1.165, 1.54) is 0 Å². The number of nitrogens with two attached hydrogens (primary N) is 1. The van der Waals surface area contributed by atoms with Crippen molar-refractivity contribution in [2.24, 2.45) is 17.1 Å². The normalized spacial score (nSPS) is 27.5. The molecule has 0 radical (unpaired) electrons. The third-order valence-corrected chi connectivity index (χ3v) is 4.09. The number of piperidine rings is 1. The first-order valence-corrected chi connectivity index (χ1v) is 6.08. The van der Waals surface area contributed by atoms with Crippen molar-refractivity contribution in [2.75, 3.05) is 13.1 Å². The van der Waals surface area contributed by atoms with Gasteiger partial charge in [-0.25, -0.2) is 0 Å². The Balaban J connectivity index is 1.85. The first-order chi connectivity index (χ1) is 7.03. The summed E-state index contributed by atoms with van der Waals surface area (Å²) in [6.45, 7) is 6.00. The summed E-state index contributed by atoms with van der Waals surface area (Å²) in [4.78, 5) is 14.1. The molecule has 3 heteroatoms. The molecule has 1 aliphatic carbocycles. The van der Waals surface area contributed by atoms with E-state index in [0.717, 1.165) is 38.8 Å². The van der Waals surface area contributed by atoms with E-state index in [1.807, 2.05) is 4.90 Å². The van der Waals surface area contributed by atoms with Crippen molar-refractivity contribution in [3.05, 3.63) is 0 Å². The Labute approximate surface area is 92.0 Å². The van der Waals surface area contributed by atoms with Crippen molar-refractivity contribution in [1.82, 2.24) is 4.90 Å². The van der Waals surface area contributed by atoms with Crippen LogP contribution in [0.1, 0.15) is 39.5 Å². The Morgan fingerprint density at radius 3 is 2.33 bits per heavy atom. The van der Waals surface area contributed by atoms with E-state index in [4.69, 9.17) is 5.73 Å². The lowest BCUT2D eigenvalue weighted by atomic mass is 9.90. The number of rotatable bonds is 2. The fourth-order valence-electron chi connectivity index (χ4n) is 2.41. The van der Waals surface area contributed by atoms with Crippen LogP contribution in [0.25, 0.3) is 0 Å². The zero-order chi connectivity index (χ0) is 11.1. The van der Waals surface area contributed by atoms with Crippen LogP contribution in [0.5, 0.6) is 0 Å². The SMILES string of the molecule is CC(N)C1CCN(C(=O)C2(C)CC2)CC1. The van der Waals surface area contributed by atoms with Crippen LogP contribution in [-0.4, -0.2) is 29.9 Å². The van der Waals surface area contributed by atoms with E-state index in [-0.39, 0.29) is 11.5 Å². The van der Waals surface area contributed by atoms with Gasteiger partial charge in [0.25, 0.3) is 0 Å². The molecule has 2 rings (SSSR count). The van der Waals surface area contributed by atoms with Gasteiger partial charge in [0.1, 0.15) is 0 Å². The van der Waals surface area contributed by atoms with Crippen LogP contribution in [0.2, 0.25) is 0 Å². The summed E-state index contributed by atoms with van der Waals surface area (Å²) in [6, 6.07) is 0.277. The molecule has 1 heterocycles. The maximum absolute atomic E-state index is 12.1. The molecule has 1 atom stereocenters. The molecule has 0 aromatic heterocycles. The zero-order valence-electron chi connectivity index (χ0n) is 9.83. The van der Waals surface area contributed by atoms with Crippen LogP contribution in [0.4, 0.5) is 0 Å². The monoisotopic (exact) mass is 210 g/mol. The number of carbonyl (C=O) groups excluding carboxylic acids is 1. The standard InChI is InChI=1S/C12H22N2O/c1-9(13)10-3-7-14(8-4-10)11(15)12(2)5-6-12/h9-10H,3-8,13H2,1-2H3. The minimum Gasteiger partial charge on any atom is -0.342 e. The molecule has 1 aliphatic heterocycles. The summed E-state index contributed by atoms with van der Waals surface area (Å²) >= 11 is 0. The van der Waals surface area contributed by atoms with Gasteiger partial charge in [-0.3, -0.25) is 4.79 Å². The topological polar surface area (TPSA) is 46.3 Å². The fourth-order valence-corrected chi connectivity index (χ4v) is 2.41. The summed E-state index contributed by atoms with van der Waals surface area (Å²) in [5.74, 6) is 0.992. The molecule has 2 fully saturated rings. The quantitative estimate of drug-likeness (QED) is 0.748. The lowest BCUT2D eigenvalue weighted by Gasteiger charge is -2.35. The minimum absolute atomic E-state index is 0.00116. The molecule has 2 N–H and O–H groups in total. The number of nitrogens with zero attached hydrogens (tertiary/aromatic N) is 1. The molecule has 15 heavy (non-hydrogen) atoms. The summed E-state index contributed by atoms with van der Waals surface area (Å²) in [5.41, 5.74) is 5.88. The van der Waals surface area contributed by atoms with E-state index in [1.54, 1.807) is 0 Å². The largest absolute Gasteiger partial charge is 0.342 e. The molecular formula is C12H22N2O. The fraction of sp³-hybridized carbons (Fsp3) is 0.917. The van der Waals surface area contributed by atoms with E-state index in [2.05, 4.69) is 13.8 Å². The van der Waals surface area contributed by atoms with Gasteiger partial charge < -0.3 is 10.6 Å². The van der Waals surface area contributed by atoms with Gasteiger partial charge in [-0.05, 0) is 38.5 Å². The molecule has 3 nitrogen and oxygen atoms in total. The summed E-state index contributed by atoms with van der Waals surface area (Å²) < 4.78 is 0. The van der Waals surface area contributed by atoms with Crippen molar-refractivity contribution in [2.45, 2.75) is 45.6 Å². The molecule has 0 aromatic rings. The number of hydrogen-bond acceptors (Lipinski definition) is 2. The van der Waals surface area contributed by atoms with Crippen LogP contribution in [0.15, 0.2) is 0 Å². The Kier molecular flexibility index (Phi) is 2.75. The second-order valence-corrected chi connectivity index (χ2v) is 5.55. The average Bonchev–Trinajstić information content (AvgIpc) is 2.97. The van der Waals surface area contributed by atoms with Crippen LogP contribution in [0, 0.1) is 11.3 Å². The van der Waals surface area contributed by atoms with Gasteiger partial charge in [0.05, 0.1) is 0 Å². The number of carbonyl (C=O) groups is 1. The predicted octanol–water partition coefficient (Wildman–Crippen LogP) is 1.37. The van der Waals surface area contributed by atoms with Crippen molar-refractivity contribution < 1.29 is 4.79 Å². The van der Waals surface area contributed by atoms with Gasteiger partial charge in [-0.15, -0.1) is 0 Å². The maximum atomic E-state index is 12.1. The lowest BCUT2D eigenvalue weighted by Crippen LogP contribution is -2.44. The highest BCUT2D eigenvalue weighted by molar-refractivity contribution is 5.84. The Bertz CT molecular complexity index is 250. The molecule has 86 valence electrons. The van der Waals surface area contributed by atoms with E-state index in [0.29, 0.717) is 11.8 Å². The first kappa shape index (κ1) is 10.9. The number of hydrogen-bond donors (Lipinski definition) is 1. The Morgan fingerprint density at radius 2 is 1.93 bits per heavy atom. The molecule has 2 aliphatic rings. The second kappa shape index (κ2) is 3.78. The third-order valence-electron chi connectivity index (χ3n) is 4.09. The van der Waals surface area contributed by atoms with Gasteiger partial charge in [-0.2, -0.15) is 0 Å². The van der Waals surface area contributed by atoms with Crippen LogP contribution in [-0.2, 0) is 4.79 Å². The van der Waals surface area contributed by atoms with Gasteiger partial charge in [0.15, 0.2) is 0 Å². The van der Waals surface area contributed by atoms with Gasteiger partial charge in [0.2, 0.25) is 5.91 Å².